The zero-order valence-electron chi connectivity index (χ0n) is 16.7. The Kier molecular flexibility index (Phi) is 5.03. The summed E-state index contributed by atoms with van der Waals surface area (Å²) in [5.41, 5.74) is 4.22. The van der Waals surface area contributed by atoms with Gasteiger partial charge in [0, 0.05) is 26.2 Å². The van der Waals surface area contributed by atoms with Crippen molar-refractivity contribution in [3.8, 4) is 11.4 Å². The highest BCUT2D eigenvalue weighted by Crippen LogP contribution is 2.23. The Bertz CT molecular complexity index is 1130. The summed E-state index contributed by atoms with van der Waals surface area (Å²) in [5.74, 6) is 1.43. The molecule has 4 aromatic rings. The molecule has 1 amide bonds. The van der Waals surface area contributed by atoms with E-state index in [1.165, 1.54) is 0 Å². The van der Waals surface area contributed by atoms with Crippen LogP contribution in [-0.2, 0) is 6.42 Å². The van der Waals surface area contributed by atoms with Gasteiger partial charge in [0.1, 0.15) is 17.3 Å². The molecular formula is C22H23N5O2. The normalized spacial score (nSPS) is 11.0. The number of hydrogen-bond acceptors (Lipinski definition) is 4. The van der Waals surface area contributed by atoms with E-state index in [0.29, 0.717) is 24.4 Å². The van der Waals surface area contributed by atoms with Crippen LogP contribution in [0.4, 0.5) is 0 Å². The van der Waals surface area contributed by atoms with Crippen molar-refractivity contribution in [2.24, 2.45) is 0 Å². The number of H-pyrrole nitrogens is 1. The molecule has 0 spiro atoms. The van der Waals surface area contributed by atoms with Gasteiger partial charge >= 0.3 is 0 Å². The lowest BCUT2D eigenvalue weighted by atomic mass is 10.2. The molecule has 148 valence electrons. The maximum atomic E-state index is 12.8. The van der Waals surface area contributed by atoms with Gasteiger partial charge in [0.15, 0.2) is 5.69 Å². The number of nitrogens with one attached hydrogen (secondary N) is 1. The van der Waals surface area contributed by atoms with Gasteiger partial charge in [0.25, 0.3) is 5.91 Å². The number of carbonyl (C=O) groups is 1. The first-order valence-corrected chi connectivity index (χ1v) is 9.45. The van der Waals surface area contributed by atoms with Crippen molar-refractivity contribution in [1.82, 2.24) is 24.6 Å². The van der Waals surface area contributed by atoms with E-state index in [1.807, 2.05) is 49.4 Å². The number of para-hydroxylation sites is 2. The van der Waals surface area contributed by atoms with Gasteiger partial charge < -0.3 is 14.6 Å². The lowest BCUT2D eigenvalue weighted by molar-refractivity contribution is 0.0790. The first kappa shape index (κ1) is 18.7. The fourth-order valence-electron chi connectivity index (χ4n) is 3.25. The fraction of sp³-hybridized carbons (Fsp3) is 0.227. The SMILES string of the molecule is COc1ccc(C)cc1-n1ccc(C(=O)N(C)CCc2nc3ccccc3[nH]2)n1. The van der Waals surface area contributed by atoms with E-state index < -0.39 is 0 Å². The highest BCUT2D eigenvalue weighted by atomic mass is 16.5. The molecule has 0 aliphatic carbocycles. The van der Waals surface area contributed by atoms with Gasteiger partial charge in [0.05, 0.1) is 18.1 Å². The molecule has 7 heteroatoms. The number of methoxy groups -OCH3 is 1. The standard InChI is InChI=1S/C22H23N5O2/c1-15-8-9-20(29-3)19(14-15)27-13-10-18(25-27)22(28)26(2)12-11-21-23-16-6-4-5-7-17(16)24-21/h4-10,13-14H,11-12H2,1-3H3,(H,23,24). The summed E-state index contributed by atoms with van der Waals surface area (Å²) in [4.78, 5) is 22.3. The van der Waals surface area contributed by atoms with Gasteiger partial charge in [-0.15, -0.1) is 0 Å². The van der Waals surface area contributed by atoms with E-state index in [-0.39, 0.29) is 5.91 Å². The van der Waals surface area contributed by atoms with E-state index in [4.69, 9.17) is 4.74 Å². The number of aromatic nitrogens is 4. The van der Waals surface area contributed by atoms with Crippen molar-refractivity contribution in [2.75, 3.05) is 20.7 Å². The zero-order valence-corrected chi connectivity index (χ0v) is 16.7. The number of aromatic amines is 1. The monoisotopic (exact) mass is 389 g/mol. The van der Waals surface area contributed by atoms with Gasteiger partial charge in [-0.25, -0.2) is 9.67 Å². The Morgan fingerprint density at radius 1 is 1.21 bits per heavy atom. The Balaban J connectivity index is 1.46. The first-order valence-electron chi connectivity index (χ1n) is 9.45. The Morgan fingerprint density at radius 3 is 2.83 bits per heavy atom. The molecule has 0 bridgehead atoms. The van der Waals surface area contributed by atoms with Crippen molar-refractivity contribution < 1.29 is 9.53 Å². The third-order valence-electron chi connectivity index (χ3n) is 4.86. The Labute approximate surface area is 168 Å². The largest absolute Gasteiger partial charge is 0.494 e. The number of imidazole rings is 1. The summed E-state index contributed by atoms with van der Waals surface area (Å²) in [7, 11) is 3.40. The van der Waals surface area contributed by atoms with Crippen LogP contribution in [-0.4, -0.2) is 51.3 Å². The summed E-state index contributed by atoms with van der Waals surface area (Å²) in [6.45, 7) is 2.55. The van der Waals surface area contributed by atoms with Crippen molar-refractivity contribution in [3.63, 3.8) is 0 Å². The number of hydrogen-bond donors (Lipinski definition) is 1. The summed E-state index contributed by atoms with van der Waals surface area (Å²) in [6, 6.07) is 15.5. The smallest absolute Gasteiger partial charge is 0.274 e. The predicted octanol–water partition coefficient (Wildman–Crippen LogP) is 3.38. The maximum Gasteiger partial charge on any atom is 0.274 e. The van der Waals surface area contributed by atoms with Crippen LogP contribution in [0.3, 0.4) is 0 Å². The molecule has 7 nitrogen and oxygen atoms in total. The Hall–Kier alpha value is -3.61. The van der Waals surface area contributed by atoms with Crippen LogP contribution in [0.15, 0.2) is 54.7 Å². The predicted molar refractivity (Wildman–Crippen MR) is 112 cm³/mol. The van der Waals surface area contributed by atoms with E-state index in [1.54, 1.807) is 36.0 Å². The quantitative estimate of drug-likeness (QED) is 0.548. The van der Waals surface area contributed by atoms with Gasteiger partial charge in [0.2, 0.25) is 0 Å². The lowest BCUT2D eigenvalue weighted by Gasteiger charge is -2.15. The number of rotatable bonds is 6. The topological polar surface area (TPSA) is 76.0 Å². The number of nitrogens with zero attached hydrogens (tertiary/aromatic N) is 4. The summed E-state index contributed by atoms with van der Waals surface area (Å²) in [6.07, 6.45) is 2.42. The van der Waals surface area contributed by atoms with Gasteiger partial charge in [-0.1, -0.05) is 18.2 Å². The number of likely N-dealkylation sites (N-methyl/N-ethyl adjacent to an activating group) is 1. The van der Waals surface area contributed by atoms with Crippen molar-refractivity contribution in [2.45, 2.75) is 13.3 Å². The molecule has 0 fully saturated rings. The second kappa shape index (κ2) is 7.79. The number of amides is 1. The average molecular weight is 389 g/mol. The number of aryl methyl sites for hydroxylation is 1. The van der Waals surface area contributed by atoms with Gasteiger partial charge in [-0.05, 0) is 42.8 Å². The minimum absolute atomic E-state index is 0.133. The van der Waals surface area contributed by atoms with Gasteiger partial charge in [-0.3, -0.25) is 4.79 Å². The number of ether oxygens (including phenoxy) is 1. The number of fused-ring (bicyclic) bond motifs is 1. The summed E-state index contributed by atoms with van der Waals surface area (Å²) < 4.78 is 7.09. The average Bonchev–Trinajstić information content (AvgIpc) is 3.38. The van der Waals surface area contributed by atoms with Crippen molar-refractivity contribution >= 4 is 16.9 Å². The molecule has 0 saturated carbocycles. The van der Waals surface area contributed by atoms with Crippen molar-refractivity contribution in [1.29, 1.82) is 0 Å². The molecule has 2 aromatic heterocycles. The van der Waals surface area contributed by atoms with E-state index >= 15 is 0 Å². The molecule has 0 atom stereocenters. The lowest BCUT2D eigenvalue weighted by Crippen LogP contribution is -2.29. The van der Waals surface area contributed by atoms with Crippen molar-refractivity contribution in [3.05, 3.63) is 71.8 Å². The first-order chi connectivity index (χ1) is 14.0. The third-order valence-corrected chi connectivity index (χ3v) is 4.86. The molecule has 0 saturated heterocycles. The summed E-state index contributed by atoms with van der Waals surface area (Å²) in [5, 5.41) is 4.46. The zero-order chi connectivity index (χ0) is 20.4. The minimum Gasteiger partial charge on any atom is -0.494 e. The van der Waals surface area contributed by atoms with E-state index in [2.05, 4.69) is 15.1 Å². The molecule has 2 heterocycles. The molecule has 0 aliphatic heterocycles. The highest BCUT2D eigenvalue weighted by molar-refractivity contribution is 5.92. The number of carbonyl (C=O) groups excluding carboxylic acids is 1. The van der Waals surface area contributed by atoms with E-state index in [0.717, 1.165) is 28.1 Å². The minimum atomic E-state index is -0.133. The van der Waals surface area contributed by atoms with Crippen LogP contribution < -0.4 is 4.74 Å². The highest BCUT2D eigenvalue weighted by Gasteiger charge is 2.17. The second-order valence-electron chi connectivity index (χ2n) is 7.00. The van der Waals surface area contributed by atoms with Gasteiger partial charge in [-0.2, -0.15) is 5.10 Å². The molecule has 4 rings (SSSR count). The molecule has 0 unspecified atom stereocenters. The second-order valence-corrected chi connectivity index (χ2v) is 7.00. The molecule has 2 aromatic carbocycles. The van der Waals surface area contributed by atoms with Crippen LogP contribution in [0, 0.1) is 6.92 Å². The van der Waals surface area contributed by atoms with Crippen LogP contribution in [0.5, 0.6) is 5.75 Å². The van der Waals surface area contributed by atoms with Crippen LogP contribution in [0.1, 0.15) is 21.9 Å². The van der Waals surface area contributed by atoms with Crippen LogP contribution in [0.2, 0.25) is 0 Å². The van der Waals surface area contributed by atoms with Crippen LogP contribution >= 0.6 is 0 Å². The fourth-order valence-corrected chi connectivity index (χ4v) is 3.25. The van der Waals surface area contributed by atoms with E-state index in [9.17, 15) is 4.79 Å². The molecule has 0 radical (unpaired) electrons. The Morgan fingerprint density at radius 2 is 2.03 bits per heavy atom. The van der Waals surface area contributed by atoms with Crippen LogP contribution in [0.25, 0.3) is 16.7 Å². The molecule has 0 aliphatic rings. The molecule has 1 N–H and O–H groups in total. The summed E-state index contributed by atoms with van der Waals surface area (Å²) >= 11 is 0. The molecule has 29 heavy (non-hydrogen) atoms. The maximum absolute atomic E-state index is 12.8. The third kappa shape index (κ3) is 3.85. The number of benzene rings is 2. The molecular weight excluding hydrogens is 366 g/mol.